The van der Waals surface area contributed by atoms with Gasteiger partial charge in [-0.2, -0.15) is 0 Å². The molecule has 5 heteroatoms. The molecule has 0 heterocycles. The summed E-state index contributed by atoms with van der Waals surface area (Å²) in [5.74, 6) is -0.417. The van der Waals surface area contributed by atoms with E-state index in [1.54, 1.807) is 6.07 Å². The van der Waals surface area contributed by atoms with Crippen molar-refractivity contribution in [1.29, 1.82) is 0 Å². The molecule has 0 aliphatic carbocycles. The van der Waals surface area contributed by atoms with Crippen LogP contribution in [0.4, 0.5) is 15.8 Å². The number of nitrogen functional groups attached to an aromatic ring is 1. The molecule has 0 aliphatic rings. The average Bonchev–Trinajstić information content (AvgIpc) is 2.16. The Hall–Kier alpha value is -1.78. The van der Waals surface area contributed by atoms with Crippen molar-refractivity contribution in [3.63, 3.8) is 0 Å². The topological polar surface area (TPSA) is 67.2 Å². The second-order valence-electron chi connectivity index (χ2n) is 3.40. The van der Waals surface area contributed by atoms with Gasteiger partial charge in [-0.3, -0.25) is 4.79 Å². The van der Waals surface area contributed by atoms with E-state index in [1.807, 2.05) is 6.92 Å². The van der Waals surface area contributed by atoms with Gasteiger partial charge in [-0.1, -0.05) is 0 Å². The van der Waals surface area contributed by atoms with Crippen LogP contribution >= 0.6 is 0 Å². The van der Waals surface area contributed by atoms with Crippen molar-refractivity contribution in [2.75, 3.05) is 24.1 Å². The number of carbonyl (C=O) groups excluding carboxylic acids is 1. The molecule has 88 valence electrons. The number of rotatable bonds is 5. The van der Waals surface area contributed by atoms with E-state index in [9.17, 15) is 9.18 Å². The van der Waals surface area contributed by atoms with E-state index in [4.69, 9.17) is 5.73 Å². The van der Waals surface area contributed by atoms with Gasteiger partial charge in [0.25, 0.3) is 0 Å². The lowest BCUT2D eigenvalue weighted by atomic mass is 10.2. The molecule has 0 saturated carbocycles. The van der Waals surface area contributed by atoms with Gasteiger partial charge in [0.2, 0.25) is 5.91 Å². The Labute approximate surface area is 94.0 Å². The van der Waals surface area contributed by atoms with E-state index in [2.05, 4.69) is 10.6 Å². The van der Waals surface area contributed by atoms with Crippen molar-refractivity contribution in [3.8, 4) is 0 Å². The van der Waals surface area contributed by atoms with Gasteiger partial charge >= 0.3 is 0 Å². The summed E-state index contributed by atoms with van der Waals surface area (Å²) >= 11 is 0. The van der Waals surface area contributed by atoms with Crippen LogP contribution in [0.15, 0.2) is 18.2 Å². The smallest absolute Gasteiger partial charge is 0.221 e. The maximum absolute atomic E-state index is 12.9. The Kier molecular flexibility index (Phi) is 4.57. The molecule has 1 aromatic rings. The zero-order chi connectivity index (χ0) is 12.0. The lowest BCUT2D eigenvalue weighted by Gasteiger charge is -2.07. The van der Waals surface area contributed by atoms with Crippen molar-refractivity contribution < 1.29 is 9.18 Å². The highest BCUT2D eigenvalue weighted by Crippen LogP contribution is 2.15. The maximum atomic E-state index is 12.9. The number of halogens is 1. The van der Waals surface area contributed by atoms with Crippen molar-refractivity contribution in [2.24, 2.45) is 0 Å². The second kappa shape index (κ2) is 5.95. The minimum Gasteiger partial charge on any atom is -0.399 e. The Balaban J connectivity index is 2.40. The van der Waals surface area contributed by atoms with Crippen LogP contribution < -0.4 is 16.4 Å². The average molecular weight is 225 g/mol. The largest absolute Gasteiger partial charge is 0.399 e. The van der Waals surface area contributed by atoms with Crippen LogP contribution in [-0.2, 0) is 4.79 Å². The lowest BCUT2D eigenvalue weighted by Crippen LogP contribution is -2.24. The molecule has 1 amide bonds. The molecule has 0 aliphatic heterocycles. The number of anilines is 2. The Morgan fingerprint density at radius 2 is 2.19 bits per heavy atom. The van der Waals surface area contributed by atoms with Crippen LogP contribution in [0.2, 0.25) is 0 Å². The first kappa shape index (κ1) is 12.3. The zero-order valence-electron chi connectivity index (χ0n) is 9.22. The number of amides is 1. The minimum atomic E-state index is -0.388. The molecule has 0 radical (unpaired) electrons. The number of nitrogens with two attached hydrogens (primary N) is 1. The summed E-state index contributed by atoms with van der Waals surface area (Å²) in [4.78, 5) is 11.1. The van der Waals surface area contributed by atoms with Crippen LogP contribution in [0.1, 0.15) is 13.3 Å². The van der Waals surface area contributed by atoms with Crippen molar-refractivity contribution >= 4 is 17.3 Å². The third-order valence-electron chi connectivity index (χ3n) is 1.98. The van der Waals surface area contributed by atoms with Crippen LogP contribution in [0.25, 0.3) is 0 Å². The van der Waals surface area contributed by atoms with Gasteiger partial charge in [0.1, 0.15) is 5.82 Å². The molecule has 0 fully saturated rings. The Morgan fingerprint density at radius 3 is 2.81 bits per heavy atom. The zero-order valence-corrected chi connectivity index (χ0v) is 9.22. The molecule has 0 atom stereocenters. The number of hydrogen-bond donors (Lipinski definition) is 3. The fourth-order valence-electron chi connectivity index (χ4n) is 1.32. The summed E-state index contributed by atoms with van der Waals surface area (Å²) in [6, 6.07) is 4.21. The molecule has 0 saturated heterocycles. The molecule has 1 rings (SSSR count). The van der Waals surface area contributed by atoms with Crippen LogP contribution in [0.5, 0.6) is 0 Å². The van der Waals surface area contributed by atoms with Crippen molar-refractivity contribution in [2.45, 2.75) is 13.3 Å². The second-order valence-corrected chi connectivity index (χ2v) is 3.40. The predicted octanol–water partition coefficient (Wildman–Crippen LogP) is 1.35. The molecular formula is C11H16FN3O. The van der Waals surface area contributed by atoms with Gasteiger partial charge in [-0.15, -0.1) is 0 Å². The number of hydrogen-bond acceptors (Lipinski definition) is 3. The van der Waals surface area contributed by atoms with Gasteiger partial charge in [0, 0.05) is 30.9 Å². The molecule has 16 heavy (non-hydrogen) atoms. The van der Waals surface area contributed by atoms with E-state index < -0.39 is 0 Å². The van der Waals surface area contributed by atoms with Crippen LogP contribution in [0.3, 0.4) is 0 Å². The summed E-state index contributed by atoms with van der Waals surface area (Å²) in [6.07, 6.45) is 0.351. The third kappa shape index (κ3) is 4.16. The molecule has 0 bridgehead atoms. The molecule has 0 aromatic heterocycles. The minimum absolute atomic E-state index is 0.0284. The summed E-state index contributed by atoms with van der Waals surface area (Å²) in [6.45, 7) is 2.93. The summed E-state index contributed by atoms with van der Waals surface area (Å²) in [5, 5.41) is 5.61. The third-order valence-corrected chi connectivity index (χ3v) is 1.98. The first-order valence-electron chi connectivity index (χ1n) is 5.18. The lowest BCUT2D eigenvalue weighted by molar-refractivity contribution is -0.120. The fraction of sp³-hybridized carbons (Fsp3) is 0.364. The maximum Gasteiger partial charge on any atom is 0.221 e. The summed E-state index contributed by atoms with van der Waals surface area (Å²) < 4.78 is 12.9. The number of benzene rings is 1. The molecule has 4 nitrogen and oxygen atoms in total. The summed E-state index contributed by atoms with van der Waals surface area (Å²) in [5.41, 5.74) is 6.43. The fourth-order valence-corrected chi connectivity index (χ4v) is 1.32. The van der Waals surface area contributed by atoms with Gasteiger partial charge in [0.15, 0.2) is 0 Å². The van der Waals surface area contributed by atoms with Gasteiger partial charge in [0.05, 0.1) is 0 Å². The highest BCUT2D eigenvalue weighted by atomic mass is 19.1. The van der Waals surface area contributed by atoms with Gasteiger partial charge in [-0.25, -0.2) is 4.39 Å². The van der Waals surface area contributed by atoms with Crippen LogP contribution in [-0.4, -0.2) is 19.0 Å². The molecule has 0 unspecified atom stereocenters. The number of carbonyl (C=O) groups is 1. The van der Waals surface area contributed by atoms with E-state index in [0.717, 1.165) is 0 Å². The Morgan fingerprint density at radius 1 is 1.44 bits per heavy atom. The van der Waals surface area contributed by atoms with Gasteiger partial charge < -0.3 is 16.4 Å². The van der Waals surface area contributed by atoms with E-state index >= 15 is 0 Å². The molecular weight excluding hydrogens is 209 g/mol. The highest BCUT2D eigenvalue weighted by Gasteiger charge is 2.00. The van der Waals surface area contributed by atoms with Gasteiger partial charge in [-0.05, 0) is 25.1 Å². The van der Waals surface area contributed by atoms with Crippen molar-refractivity contribution in [1.82, 2.24) is 5.32 Å². The molecule has 0 spiro atoms. The monoisotopic (exact) mass is 225 g/mol. The first-order chi connectivity index (χ1) is 7.61. The summed E-state index contributed by atoms with van der Waals surface area (Å²) in [7, 11) is 0. The number of nitrogens with one attached hydrogen (secondary N) is 2. The van der Waals surface area contributed by atoms with Crippen molar-refractivity contribution in [3.05, 3.63) is 24.0 Å². The molecule has 4 N–H and O–H groups in total. The van der Waals surface area contributed by atoms with E-state index in [1.165, 1.54) is 12.1 Å². The SMILES string of the molecule is CCNC(=O)CCNc1cc(N)cc(F)c1. The predicted molar refractivity (Wildman–Crippen MR) is 62.6 cm³/mol. The van der Waals surface area contributed by atoms with E-state index in [-0.39, 0.29) is 11.7 Å². The Bertz CT molecular complexity index is 348. The quantitative estimate of drug-likeness (QED) is 0.662. The standard InChI is InChI=1S/C11H16FN3O/c1-2-14-11(16)3-4-15-10-6-8(12)5-9(13)7-10/h5-7,15H,2-4,13H2,1H3,(H,14,16). The highest BCUT2D eigenvalue weighted by molar-refractivity contribution is 5.76. The van der Waals surface area contributed by atoms with E-state index in [0.29, 0.717) is 30.9 Å². The van der Waals surface area contributed by atoms with Crippen LogP contribution in [0, 0.1) is 5.82 Å². The normalized spacial score (nSPS) is 9.88. The molecule has 1 aromatic carbocycles. The first-order valence-corrected chi connectivity index (χ1v) is 5.18.